The first-order valence-electron chi connectivity index (χ1n) is 8.78. The molecule has 0 spiro atoms. The van der Waals surface area contributed by atoms with E-state index in [1.165, 1.54) is 11.3 Å². The topological polar surface area (TPSA) is 84.5 Å². The van der Waals surface area contributed by atoms with Gasteiger partial charge in [0.2, 0.25) is 0 Å². The first-order chi connectivity index (χ1) is 14.5. The smallest absolute Gasteiger partial charge is 0.338 e. The molecule has 6 nitrogen and oxygen atoms in total. The average molecular weight is 461 g/mol. The van der Waals surface area contributed by atoms with Crippen LogP contribution in [0.3, 0.4) is 0 Å². The Labute approximate surface area is 186 Å². The van der Waals surface area contributed by atoms with Crippen molar-refractivity contribution in [2.75, 3.05) is 6.61 Å². The Morgan fingerprint density at radius 1 is 0.967 bits per heavy atom. The van der Waals surface area contributed by atoms with Gasteiger partial charge in [0.25, 0.3) is 11.8 Å². The molecule has 0 aliphatic heterocycles. The van der Waals surface area contributed by atoms with E-state index in [1.807, 2.05) is 36.4 Å². The van der Waals surface area contributed by atoms with Gasteiger partial charge in [-0.2, -0.15) is 0 Å². The number of rotatable bonds is 7. The maximum Gasteiger partial charge on any atom is 0.338 e. The molecule has 30 heavy (non-hydrogen) atoms. The summed E-state index contributed by atoms with van der Waals surface area (Å²) in [5.41, 5.74) is 5.84. The van der Waals surface area contributed by atoms with Gasteiger partial charge < -0.3 is 4.74 Å². The molecular formula is C21H17ClN2O4S2. The van der Waals surface area contributed by atoms with E-state index in [4.69, 9.17) is 16.3 Å². The van der Waals surface area contributed by atoms with Crippen LogP contribution in [0.1, 0.15) is 25.6 Å². The number of carbonyl (C=O) groups is 3. The third-order valence-electron chi connectivity index (χ3n) is 3.80. The van der Waals surface area contributed by atoms with Crippen molar-refractivity contribution in [2.45, 2.75) is 10.6 Å². The maximum atomic E-state index is 12.1. The number of amides is 2. The van der Waals surface area contributed by atoms with Gasteiger partial charge in [0.1, 0.15) is 0 Å². The summed E-state index contributed by atoms with van der Waals surface area (Å²) < 4.78 is 4.98. The summed E-state index contributed by atoms with van der Waals surface area (Å²) in [7, 11) is 0. The molecule has 1 aromatic heterocycles. The summed E-state index contributed by atoms with van der Waals surface area (Å²) in [6.07, 6.45) is 0. The molecule has 0 saturated heterocycles. The highest BCUT2D eigenvalue weighted by molar-refractivity contribution is 7.98. The van der Waals surface area contributed by atoms with Gasteiger partial charge in [-0.15, -0.1) is 23.1 Å². The van der Waals surface area contributed by atoms with Gasteiger partial charge in [0.05, 0.1) is 10.4 Å². The number of hydrogen-bond donors (Lipinski definition) is 2. The van der Waals surface area contributed by atoms with Gasteiger partial charge in [-0.3, -0.25) is 20.4 Å². The predicted molar refractivity (Wildman–Crippen MR) is 118 cm³/mol. The first kappa shape index (κ1) is 21.9. The summed E-state index contributed by atoms with van der Waals surface area (Å²) in [6.45, 7) is -0.502. The largest absolute Gasteiger partial charge is 0.452 e. The number of halogens is 1. The normalized spacial score (nSPS) is 10.3. The number of carbonyl (C=O) groups excluding carboxylic acids is 3. The molecule has 2 aromatic carbocycles. The van der Waals surface area contributed by atoms with Crippen LogP contribution in [-0.4, -0.2) is 24.4 Å². The molecule has 0 saturated carbocycles. The van der Waals surface area contributed by atoms with E-state index in [0.717, 1.165) is 16.2 Å². The van der Waals surface area contributed by atoms with Crippen molar-refractivity contribution in [3.63, 3.8) is 0 Å². The van der Waals surface area contributed by atoms with Crippen molar-refractivity contribution < 1.29 is 19.1 Å². The molecule has 3 aromatic rings. The van der Waals surface area contributed by atoms with E-state index in [-0.39, 0.29) is 0 Å². The van der Waals surface area contributed by atoms with E-state index >= 15 is 0 Å². The van der Waals surface area contributed by atoms with Crippen molar-refractivity contribution in [3.05, 3.63) is 87.1 Å². The fourth-order valence-corrected chi connectivity index (χ4v) is 3.88. The summed E-state index contributed by atoms with van der Waals surface area (Å²) in [5.74, 6) is -0.948. The molecule has 3 rings (SSSR count). The molecule has 2 N–H and O–H groups in total. The van der Waals surface area contributed by atoms with Crippen LogP contribution < -0.4 is 10.9 Å². The number of esters is 1. The van der Waals surface area contributed by atoms with Crippen molar-refractivity contribution in [2.24, 2.45) is 0 Å². The number of thiophene rings is 1. The summed E-state index contributed by atoms with van der Waals surface area (Å²) in [4.78, 5) is 37.1. The second-order valence-electron chi connectivity index (χ2n) is 6.00. The molecule has 0 fully saturated rings. The quantitative estimate of drug-likeness (QED) is 0.312. The van der Waals surface area contributed by atoms with Crippen molar-refractivity contribution >= 4 is 52.5 Å². The standard InChI is InChI=1S/C21H17ClN2O4S2/c22-16-7-9-17(10-8-16)30-13-14-3-5-15(6-4-14)21(27)28-12-19(25)23-24-20(26)18-2-1-11-29-18/h1-11H,12-13H2,(H,23,25)(H,24,26). The van der Waals surface area contributed by atoms with Crippen molar-refractivity contribution in [1.82, 2.24) is 10.9 Å². The Bertz CT molecular complexity index is 1010. The third-order valence-corrected chi connectivity index (χ3v) is 6.01. The molecule has 0 aliphatic rings. The van der Waals surface area contributed by atoms with Gasteiger partial charge in [-0.25, -0.2) is 4.79 Å². The Hall–Kier alpha value is -2.81. The summed E-state index contributed by atoms with van der Waals surface area (Å²) >= 11 is 8.78. The highest BCUT2D eigenvalue weighted by atomic mass is 35.5. The van der Waals surface area contributed by atoms with E-state index < -0.39 is 24.4 Å². The van der Waals surface area contributed by atoms with Crippen LogP contribution in [0.5, 0.6) is 0 Å². The molecule has 154 valence electrons. The molecule has 2 amide bonds. The Morgan fingerprint density at radius 3 is 2.37 bits per heavy atom. The van der Waals surface area contributed by atoms with Crippen LogP contribution in [0.2, 0.25) is 5.02 Å². The average Bonchev–Trinajstić information content (AvgIpc) is 3.31. The number of benzene rings is 2. The Balaban J connectivity index is 1.41. The highest BCUT2D eigenvalue weighted by Crippen LogP contribution is 2.24. The van der Waals surface area contributed by atoms with Crippen LogP contribution >= 0.6 is 34.7 Å². The van der Waals surface area contributed by atoms with Gasteiger partial charge in [-0.1, -0.05) is 29.8 Å². The van der Waals surface area contributed by atoms with Gasteiger partial charge in [0, 0.05) is 15.7 Å². The van der Waals surface area contributed by atoms with E-state index in [2.05, 4.69) is 10.9 Å². The monoisotopic (exact) mass is 460 g/mol. The van der Waals surface area contributed by atoms with Crippen LogP contribution in [0.4, 0.5) is 0 Å². The van der Waals surface area contributed by atoms with E-state index in [1.54, 1.807) is 41.4 Å². The Morgan fingerprint density at radius 2 is 1.70 bits per heavy atom. The minimum absolute atomic E-state index is 0.339. The lowest BCUT2D eigenvalue weighted by molar-refractivity contribution is -0.125. The lowest BCUT2D eigenvalue weighted by Crippen LogP contribution is -2.43. The van der Waals surface area contributed by atoms with Gasteiger partial charge in [-0.05, 0) is 53.4 Å². The fraction of sp³-hybridized carbons (Fsp3) is 0.0952. The van der Waals surface area contributed by atoms with Crippen molar-refractivity contribution in [1.29, 1.82) is 0 Å². The lowest BCUT2D eigenvalue weighted by atomic mass is 10.1. The molecule has 0 aliphatic carbocycles. The van der Waals surface area contributed by atoms with E-state index in [9.17, 15) is 14.4 Å². The van der Waals surface area contributed by atoms with E-state index in [0.29, 0.717) is 15.5 Å². The number of thioether (sulfide) groups is 1. The minimum Gasteiger partial charge on any atom is -0.452 e. The van der Waals surface area contributed by atoms with Crippen LogP contribution in [-0.2, 0) is 15.3 Å². The SMILES string of the molecule is O=C(COC(=O)c1ccc(CSc2ccc(Cl)cc2)cc1)NNC(=O)c1cccs1. The number of hydrogen-bond acceptors (Lipinski definition) is 6. The number of hydrazine groups is 1. The fourth-order valence-electron chi connectivity index (χ4n) is 2.28. The van der Waals surface area contributed by atoms with Crippen molar-refractivity contribution in [3.8, 4) is 0 Å². The molecule has 0 unspecified atom stereocenters. The minimum atomic E-state index is -0.635. The highest BCUT2D eigenvalue weighted by Gasteiger charge is 2.12. The summed E-state index contributed by atoms with van der Waals surface area (Å²) in [5, 5.41) is 2.45. The lowest BCUT2D eigenvalue weighted by Gasteiger charge is -2.08. The predicted octanol–water partition coefficient (Wildman–Crippen LogP) is 4.31. The second-order valence-corrected chi connectivity index (χ2v) is 8.43. The van der Waals surface area contributed by atoms with Crippen LogP contribution in [0, 0.1) is 0 Å². The Kier molecular flexibility index (Phi) is 7.89. The molecule has 0 atom stereocenters. The molecule has 9 heteroatoms. The molecular weight excluding hydrogens is 444 g/mol. The van der Waals surface area contributed by atoms with Crippen LogP contribution in [0.25, 0.3) is 0 Å². The van der Waals surface area contributed by atoms with Crippen LogP contribution in [0.15, 0.2) is 70.9 Å². The molecule has 0 bridgehead atoms. The maximum absolute atomic E-state index is 12.1. The van der Waals surface area contributed by atoms with Gasteiger partial charge >= 0.3 is 5.97 Å². The van der Waals surface area contributed by atoms with Gasteiger partial charge in [0.15, 0.2) is 6.61 Å². The zero-order valence-electron chi connectivity index (χ0n) is 15.6. The zero-order chi connectivity index (χ0) is 21.3. The number of nitrogens with one attached hydrogen (secondary N) is 2. The molecule has 0 radical (unpaired) electrons. The summed E-state index contributed by atoms with van der Waals surface area (Å²) in [6, 6.07) is 17.9. The first-order valence-corrected chi connectivity index (χ1v) is 11.0. The third kappa shape index (κ3) is 6.62. The number of ether oxygens (including phenoxy) is 1. The second kappa shape index (κ2) is 10.8. The zero-order valence-corrected chi connectivity index (χ0v) is 18.0. The molecule has 1 heterocycles.